The van der Waals surface area contributed by atoms with Crippen LogP contribution in [0.15, 0.2) is 89.9 Å². The highest BCUT2D eigenvalue weighted by Crippen LogP contribution is 2.33. The number of allylic oxidation sites excluding steroid dienone is 5. The lowest BCUT2D eigenvalue weighted by Gasteiger charge is -2.12. The molecule has 4 rings (SSSR count). The normalized spacial score (nSPS) is 13.8. The van der Waals surface area contributed by atoms with E-state index in [9.17, 15) is 9.18 Å². The Labute approximate surface area is 192 Å². The van der Waals surface area contributed by atoms with Crippen LogP contribution in [-0.2, 0) is 4.79 Å². The summed E-state index contributed by atoms with van der Waals surface area (Å²) in [7, 11) is 0. The van der Waals surface area contributed by atoms with Gasteiger partial charge < -0.3 is 5.32 Å². The summed E-state index contributed by atoms with van der Waals surface area (Å²) >= 11 is 0. The minimum Gasteiger partial charge on any atom is -0.310 e. The number of halogens is 1. The number of nitrogens with zero attached hydrogens (tertiary/aromatic N) is 3. The second-order valence-electron chi connectivity index (χ2n) is 7.94. The largest absolute Gasteiger partial charge is 0.310 e. The van der Waals surface area contributed by atoms with Crippen LogP contribution < -0.4 is 5.32 Å². The second kappa shape index (κ2) is 10.1. The van der Waals surface area contributed by atoms with E-state index in [1.165, 1.54) is 23.3 Å². The number of pyridine rings is 1. The lowest BCUT2D eigenvalue weighted by atomic mass is 9.93. The van der Waals surface area contributed by atoms with Crippen molar-refractivity contribution in [1.29, 1.82) is 0 Å². The van der Waals surface area contributed by atoms with Gasteiger partial charge in [0.05, 0.1) is 18.8 Å². The Morgan fingerprint density at radius 1 is 1.06 bits per heavy atom. The van der Waals surface area contributed by atoms with E-state index in [1.54, 1.807) is 30.7 Å². The minimum absolute atomic E-state index is 0.136. The fraction of sp³-hybridized carbons (Fsp3) is 0.185. The van der Waals surface area contributed by atoms with E-state index in [0.717, 1.165) is 40.7 Å². The Morgan fingerprint density at radius 2 is 1.94 bits per heavy atom. The van der Waals surface area contributed by atoms with Crippen LogP contribution in [0, 0.1) is 5.82 Å². The van der Waals surface area contributed by atoms with Gasteiger partial charge in [0, 0.05) is 17.3 Å². The minimum atomic E-state index is -0.297. The molecule has 1 aliphatic carbocycles. The van der Waals surface area contributed by atoms with Gasteiger partial charge in [0.1, 0.15) is 11.6 Å². The number of carbonyl (C=O) groups is 1. The Morgan fingerprint density at radius 3 is 2.64 bits per heavy atom. The number of anilines is 1. The second-order valence-corrected chi connectivity index (χ2v) is 7.94. The summed E-state index contributed by atoms with van der Waals surface area (Å²) in [6.07, 6.45) is 11.2. The first-order valence-corrected chi connectivity index (χ1v) is 10.9. The van der Waals surface area contributed by atoms with Gasteiger partial charge in [-0.05, 0) is 72.4 Å². The van der Waals surface area contributed by atoms with Crippen LogP contribution in [0.1, 0.15) is 38.7 Å². The molecule has 3 aromatic rings. The number of benzene rings is 1. The molecule has 0 spiro atoms. The van der Waals surface area contributed by atoms with Crippen molar-refractivity contribution in [3.05, 3.63) is 101 Å². The molecule has 0 aliphatic heterocycles. The molecule has 0 bridgehead atoms. The zero-order valence-corrected chi connectivity index (χ0v) is 18.7. The highest BCUT2D eigenvalue weighted by atomic mass is 19.1. The van der Waals surface area contributed by atoms with Gasteiger partial charge in [-0.3, -0.25) is 4.79 Å². The maximum Gasteiger partial charge on any atom is 0.229 e. The summed E-state index contributed by atoms with van der Waals surface area (Å²) < 4.78 is 13.5. The van der Waals surface area contributed by atoms with Crippen LogP contribution in [0.5, 0.6) is 0 Å². The molecule has 33 heavy (non-hydrogen) atoms. The van der Waals surface area contributed by atoms with Crippen molar-refractivity contribution in [2.24, 2.45) is 0 Å². The smallest absolute Gasteiger partial charge is 0.229 e. The van der Waals surface area contributed by atoms with Gasteiger partial charge in [0.25, 0.3) is 0 Å². The average molecular weight is 441 g/mol. The molecule has 0 saturated carbocycles. The summed E-state index contributed by atoms with van der Waals surface area (Å²) in [6, 6.07) is 11.8. The number of carbonyl (C=O) groups excluding carboxylic acids is 1. The van der Waals surface area contributed by atoms with Crippen molar-refractivity contribution in [1.82, 2.24) is 15.2 Å². The van der Waals surface area contributed by atoms with Crippen LogP contribution in [-0.4, -0.2) is 21.1 Å². The standard InChI is InChI=1S/C27H25FN4O/c1-3-20-8-7-19(13-18(2)27(20)23-11-12-30-31-17-23)14-26(33)32-25-10-9-22(16-29-25)21-5-4-6-24(28)15-21/h4-7,9-13,15-17H,3,8,14H2,1-2H3,(H,29,32,33). The third kappa shape index (κ3) is 5.47. The summed E-state index contributed by atoms with van der Waals surface area (Å²) in [6.45, 7) is 4.21. The van der Waals surface area contributed by atoms with Gasteiger partial charge in [-0.1, -0.05) is 36.8 Å². The van der Waals surface area contributed by atoms with E-state index in [1.807, 2.05) is 18.2 Å². The number of rotatable bonds is 6. The van der Waals surface area contributed by atoms with E-state index in [0.29, 0.717) is 5.82 Å². The lowest BCUT2D eigenvalue weighted by molar-refractivity contribution is -0.115. The molecule has 0 atom stereocenters. The van der Waals surface area contributed by atoms with Gasteiger partial charge in [-0.25, -0.2) is 9.37 Å². The first-order chi connectivity index (χ1) is 16.0. The predicted octanol–water partition coefficient (Wildman–Crippen LogP) is 6.15. The molecule has 0 unspecified atom stereocenters. The van der Waals surface area contributed by atoms with Crippen molar-refractivity contribution in [2.45, 2.75) is 33.1 Å². The fourth-order valence-electron chi connectivity index (χ4n) is 4.04. The summed E-state index contributed by atoms with van der Waals surface area (Å²) in [5, 5.41) is 10.8. The molecule has 1 amide bonds. The highest BCUT2D eigenvalue weighted by Gasteiger charge is 2.15. The van der Waals surface area contributed by atoms with Crippen LogP contribution in [0.3, 0.4) is 0 Å². The molecule has 0 saturated heterocycles. The maximum atomic E-state index is 13.5. The van der Waals surface area contributed by atoms with Gasteiger partial charge in [-0.15, -0.1) is 0 Å². The molecule has 0 radical (unpaired) electrons. The quantitative estimate of drug-likeness (QED) is 0.499. The SMILES string of the molecule is CCC1=C(c2ccnnc2)C(C)=CC(CC(=O)Nc2ccc(-c3cccc(F)c3)cn2)=CC1. The van der Waals surface area contributed by atoms with Crippen molar-refractivity contribution in [3.8, 4) is 11.1 Å². The number of hydrogen-bond donors (Lipinski definition) is 1. The topological polar surface area (TPSA) is 67.8 Å². The molecule has 1 aliphatic rings. The van der Waals surface area contributed by atoms with Crippen molar-refractivity contribution >= 4 is 17.3 Å². The Kier molecular flexibility index (Phi) is 6.83. The molecule has 2 aromatic heterocycles. The van der Waals surface area contributed by atoms with Gasteiger partial charge in [0.2, 0.25) is 5.91 Å². The van der Waals surface area contributed by atoms with Crippen molar-refractivity contribution < 1.29 is 9.18 Å². The molecule has 1 N–H and O–H groups in total. The van der Waals surface area contributed by atoms with E-state index < -0.39 is 0 Å². The molecule has 5 nitrogen and oxygen atoms in total. The predicted molar refractivity (Wildman–Crippen MR) is 129 cm³/mol. The van der Waals surface area contributed by atoms with Crippen LogP contribution in [0.25, 0.3) is 16.7 Å². The molecular weight excluding hydrogens is 415 g/mol. The zero-order chi connectivity index (χ0) is 23.2. The first kappa shape index (κ1) is 22.3. The summed E-state index contributed by atoms with van der Waals surface area (Å²) in [5.41, 5.74) is 7.11. The lowest BCUT2D eigenvalue weighted by Crippen LogP contribution is -2.13. The zero-order valence-electron chi connectivity index (χ0n) is 18.7. The highest BCUT2D eigenvalue weighted by molar-refractivity contribution is 5.92. The Hall–Kier alpha value is -3.93. The molecule has 6 heteroatoms. The van der Waals surface area contributed by atoms with Gasteiger partial charge in [0.15, 0.2) is 0 Å². The summed E-state index contributed by atoms with van der Waals surface area (Å²) in [4.78, 5) is 17.0. The van der Waals surface area contributed by atoms with Gasteiger partial charge in [-0.2, -0.15) is 10.2 Å². The number of aromatic nitrogens is 3. The maximum absolute atomic E-state index is 13.5. The Balaban J connectivity index is 1.45. The molecule has 166 valence electrons. The van der Waals surface area contributed by atoms with E-state index in [2.05, 4.69) is 46.5 Å². The summed E-state index contributed by atoms with van der Waals surface area (Å²) in [5.74, 6) is 0.0309. The van der Waals surface area contributed by atoms with Crippen molar-refractivity contribution in [2.75, 3.05) is 5.32 Å². The molecule has 0 fully saturated rings. The van der Waals surface area contributed by atoms with Crippen molar-refractivity contribution in [3.63, 3.8) is 0 Å². The van der Waals surface area contributed by atoms with Gasteiger partial charge >= 0.3 is 0 Å². The number of amides is 1. The van der Waals surface area contributed by atoms with E-state index >= 15 is 0 Å². The fourth-order valence-corrected chi connectivity index (χ4v) is 4.04. The average Bonchev–Trinajstić information content (AvgIpc) is 2.97. The monoisotopic (exact) mass is 440 g/mol. The third-order valence-corrected chi connectivity index (χ3v) is 5.61. The first-order valence-electron chi connectivity index (χ1n) is 10.9. The number of nitrogens with one attached hydrogen (secondary N) is 1. The Bertz CT molecular complexity index is 1240. The third-order valence-electron chi connectivity index (χ3n) is 5.61. The number of hydrogen-bond acceptors (Lipinski definition) is 4. The molecular formula is C27H25FN4O. The van der Waals surface area contributed by atoms with E-state index in [-0.39, 0.29) is 18.1 Å². The van der Waals surface area contributed by atoms with E-state index in [4.69, 9.17) is 0 Å². The van der Waals surface area contributed by atoms with Crippen LogP contribution >= 0.6 is 0 Å². The van der Waals surface area contributed by atoms with Crippen LogP contribution in [0.2, 0.25) is 0 Å². The molecule has 1 aromatic carbocycles. The van der Waals surface area contributed by atoms with Crippen LogP contribution in [0.4, 0.5) is 10.2 Å². The molecule has 2 heterocycles.